The highest BCUT2D eigenvalue weighted by molar-refractivity contribution is 7.59. The van der Waals surface area contributed by atoms with E-state index in [9.17, 15) is 0 Å². The number of hydrogen-bond donors (Lipinski definition) is 0. The summed E-state index contributed by atoms with van der Waals surface area (Å²) in [5, 5.41) is 0. The number of rotatable bonds is 2. The zero-order chi connectivity index (χ0) is 10.1. The van der Waals surface area contributed by atoms with Crippen molar-refractivity contribution in [2.45, 2.75) is 38.4 Å². The van der Waals surface area contributed by atoms with E-state index in [2.05, 4.69) is 20.5 Å². The first-order valence-electron chi connectivity index (χ1n) is 5.59. The standard InChI is InChI=1S/C11H20NOP/c1-8(2)9-7-13-11(12-9)10-5-4-6-14(10)3/h8-10H,4-7H2,1-3H3. The normalized spacial score (nSPS) is 37.4. The van der Waals surface area contributed by atoms with E-state index >= 15 is 0 Å². The Morgan fingerprint density at radius 2 is 2.29 bits per heavy atom. The molecular formula is C11H20NOP. The molecule has 0 amide bonds. The minimum Gasteiger partial charge on any atom is -0.478 e. The molecule has 2 aliphatic rings. The average Bonchev–Trinajstić information content (AvgIpc) is 2.71. The van der Waals surface area contributed by atoms with E-state index in [1.165, 1.54) is 19.0 Å². The third-order valence-corrected chi connectivity index (χ3v) is 5.83. The maximum atomic E-state index is 5.75. The summed E-state index contributed by atoms with van der Waals surface area (Å²) >= 11 is 0. The van der Waals surface area contributed by atoms with E-state index in [1.54, 1.807) is 0 Å². The van der Waals surface area contributed by atoms with Crippen molar-refractivity contribution in [1.82, 2.24) is 0 Å². The second-order valence-electron chi connectivity index (χ2n) is 4.73. The van der Waals surface area contributed by atoms with Gasteiger partial charge in [-0.15, -0.1) is 0 Å². The Balaban J connectivity index is 2.02. The molecule has 0 N–H and O–H groups in total. The third-order valence-electron chi connectivity index (χ3n) is 3.27. The molecule has 0 aromatic rings. The summed E-state index contributed by atoms with van der Waals surface area (Å²) in [6.07, 6.45) is 4.10. The zero-order valence-electron chi connectivity index (χ0n) is 9.36. The number of ether oxygens (including phenoxy) is 1. The van der Waals surface area contributed by atoms with Crippen LogP contribution in [0.2, 0.25) is 0 Å². The van der Waals surface area contributed by atoms with E-state index in [4.69, 9.17) is 9.73 Å². The molecular weight excluding hydrogens is 193 g/mol. The molecule has 0 bridgehead atoms. The molecule has 0 aromatic carbocycles. The highest BCUT2D eigenvalue weighted by Crippen LogP contribution is 2.48. The summed E-state index contributed by atoms with van der Waals surface area (Å²) in [5.41, 5.74) is 0.689. The van der Waals surface area contributed by atoms with Crippen molar-refractivity contribution in [2.75, 3.05) is 19.4 Å². The van der Waals surface area contributed by atoms with Crippen molar-refractivity contribution >= 4 is 13.8 Å². The monoisotopic (exact) mass is 213 g/mol. The molecule has 2 heterocycles. The van der Waals surface area contributed by atoms with Gasteiger partial charge in [0.15, 0.2) is 5.90 Å². The molecule has 2 aliphatic heterocycles. The lowest BCUT2D eigenvalue weighted by Gasteiger charge is -2.14. The lowest BCUT2D eigenvalue weighted by Crippen LogP contribution is -2.15. The van der Waals surface area contributed by atoms with Crippen molar-refractivity contribution in [3.63, 3.8) is 0 Å². The van der Waals surface area contributed by atoms with Gasteiger partial charge in [-0.1, -0.05) is 21.8 Å². The Kier molecular flexibility index (Phi) is 3.11. The van der Waals surface area contributed by atoms with Crippen LogP contribution >= 0.6 is 7.92 Å². The van der Waals surface area contributed by atoms with Gasteiger partial charge in [0.1, 0.15) is 6.61 Å². The second kappa shape index (κ2) is 4.18. The van der Waals surface area contributed by atoms with Gasteiger partial charge in [0.2, 0.25) is 0 Å². The summed E-state index contributed by atoms with van der Waals surface area (Å²) in [4.78, 5) is 4.73. The Bertz CT molecular complexity index is 239. The summed E-state index contributed by atoms with van der Waals surface area (Å²) in [6, 6.07) is 0.425. The van der Waals surface area contributed by atoms with Crippen LogP contribution in [-0.4, -0.2) is 37.0 Å². The largest absolute Gasteiger partial charge is 0.478 e. The highest BCUT2D eigenvalue weighted by Gasteiger charge is 2.33. The zero-order valence-corrected chi connectivity index (χ0v) is 10.3. The van der Waals surface area contributed by atoms with Crippen LogP contribution in [0.5, 0.6) is 0 Å². The first-order valence-corrected chi connectivity index (χ1v) is 7.63. The van der Waals surface area contributed by atoms with Gasteiger partial charge in [-0.2, -0.15) is 0 Å². The van der Waals surface area contributed by atoms with E-state index in [0.717, 1.165) is 12.5 Å². The molecule has 0 spiro atoms. The van der Waals surface area contributed by atoms with E-state index in [0.29, 0.717) is 17.6 Å². The second-order valence-corrected chi connectivity index (χ2v) is 7.31. The van der Waals surface area contributed by atoms with Crippen molar-refractivity contribution in [2.24, 2.45) is 10.9 Å². The summed E-state index contributed by atoms with van der Waals surface area (Å²) in [5.74, 6) is 1.71. The maximum absolute atomic E-state index is 5.75. The van der Waals surface area contributed by atoms with Crippen LogP contribution in [0.1, 0.15) is 26.7 Å². The fraction of sp³-hybridized carbons (Fsp3) is 0.909. The van der Waals surface area contributed by atoms with Crippen LogP contribution in [0.3, 0.4) is 0 Å². The summed E-state index contributed by atoms with van der Waals surface area (Å²) < 4.78 is 5.75. The molecule has 2 rings (SSSR count). The predicted octanol–water partition coefficient (Wildman–Crippen LogP) is 2.71. The topological polar surface area (TPSA) is 21.6 Å². The van der Waals surface area contributed by atoms with Gasteiger partial charge in [0.25, 0.3) is 0 Å². The SMILES string of the molecule is CC(C)C1COC(C2CCCP2C)=N1. The Morgan fingerprint density at radius 3 is 2.79 bits per heavy atom. The number of nitrogens with zero attached hydrogens (tertiary/aromatic N) is 1. The van der Waals surface area contributed by atoms with Crippen LogP contribution < -0.4 is 0 Å². The number of aliphatic imine (C=N–C) groups is 1. The molecule has 3 atom stereocenters. The van der Waals surface area contributed by atoms with Crippen LogP contribution in [0, 0.1) is 5.92 Å². The quantitative estimate of drug-likeness (QED) is 0.646. The first kappa shape index (κ1) is 10.4. The predicted molar refractivity (Wildman–Crippen MR) is 62.7 cm³/mol. The molecule has 0 radical (unpaired) electrons. The highest BCUT2D eigenvalue weighted by atomic mass is 31.1. The van der Waals surface area contributed by atoms with E-state index in [1.807, 2.05) is 0 Å². The fourth-order valence-corrected chi connectivity index (χ4v) is 4.29. The molecule has 0 aliphatic carbocycles. The van der Waals surface area contributed by atoms with Crippen LogP contribution in [-0.2, 0) is 4.74 Å². The van der Waals surface area contributed by atoms with Crippen molar-refractivity contribution in [3.05, 3.63) is 0 Å². The van der Waals surface area contributed by atoms with Crippen molar-refractivity contribution < 1.29 is 4.74 Å². The van der Waals surface area contributed by atoms with Crippen LogP contribution in [0.15, 0.2) is 4.99 Å². The maximum Gasteiger partial charge on any atom is 0.191 e. The van der Waals surface area contributed by atoms with Gasteiger partial charge < -0.3 is 4.74 Å². The van der Waals surface area contributed by atoms with Gasteiger partial charge in [-0.25, -0.2) is 4.99 Å². The Hall–Kier alpha value is -0.100. The van der Waals surface area contributed by atoms with Crippen LogP contribution in [0.4, 0.5) is 0 Å². The molecule has 2 nitrogen and oxygen atoms in total. The Labute approximate surface area is 87.9 Å². The van der Waals surface area contributed by atoms with Crippen molar-refractivity contribution in [3.8, 4) is 0 Å². The van der Waals surface area contributed by atoms with Gasteiger partial charge in [0, 0.05) is 0 Å². The number of hydrogen-bond acceptors (Lipinski definition) is 2. The average molecular weight is 213 g/mol. The van der Waals surface area contributed by atoms with Gasteiger partial charge >= 0.3 is 0 Å². The molecule has 80 valence electrons. The Morgan fingerprint density at radius 1 is 1.50 bits per heavy atom. The minimum absolute atomic E-state index is 0.166. The fourth-order valence-electron chi connectivity index (χ4n) is 2.15. The summed E-state index contributed by atoms with van der Waals surface area (Å²) in [7, 11) is 0.166. The van der Waals surface area contributed by atoms with Gasteiger partial charge in [-0.05, 0) is 31.6 Å². The van der Waals surface area contributed by atoms with Gasteiger partial charge in [-0.3, -0.25) is 0 Å². The van der Waals surface area contributed by atoms with E-state index in [-0.39, 0.29) is 7.92 Å². The van der Waals surface area contributed by atoms with E-state index < -0.39 is 0 Å². The van der Waals surface area contributed by atoms with Gasteiger partial charge in [0.05, 0.1) is 11.7 Å². The lowest BCUT2D eigenvalue weighted by atomic mass is 10.1. The summed E-state index contributed by atoms with van der Waals surface area (Å²) in [6.45, 7) is 7.67. The molecule has 3 heteroatoms. The van der Waals surface area contributed by atoms with Crippen LogP contribution in [0.25, 0.3) is 0 Å². The first-order chi connectivity index (χ1) is 6.68. The lowest BCUT2D eigenvalue weighted by molar-refractivity contribution is 0.286. The molecule has 14 heavy (non-hydrogen) atoms. The van der Waals surface area contributed by atoms with Crippen molar-refractivity contribution in [1.29, 1.82) is 0 Å². The molecule has 3 unspecified atom stereocenters. The molecule has 0 saturated carbocycles. The molecule has 0 aromatic heterocycles. The molecule has 1 fully saturated rings. The minimum atomic E-state index is 0.166. The molecule has 1 saturated heterocycles. The third kappa shape index (κ3) is 1.95. The smallest absolute Gasteiger partial charge is 0.191 e.